The standard InChI is InChI=1S/C25H28N4O2S/c30-25-23-7-6-22(16-24(23)32-14-12-29-25)31-13-2-10-27-18-20-8-11-28-21(15-20)5-4-19-3-1-9-26-17-19/h1,3,6-9,11,15-17,27H,2,4-5,10,12-14,18H2,(H,29,30). The normalized spacial score (nSPS) is 13.2. The van der Waals surface area contributed by atoms with Gasteiger partial charge in [0.25, 0.3) is 5.91 Å². The molecule has 0 aliphatic carbocycles. The smallest absolute Gasteiger partial charge is 0.252 e. The molecule has 6 nitrogen and oxygen atoms in total. The molecule has 0 radical (unpaired) electrons. The molecular weight excluding hydrogens is 420 g/mol. The summed E-state index contributed by atoms with van der Waals surface area (Å²) < 4.78 is 5.89. The third kappa shape index (κ3) is 6.55. The van der Waals surface area contributed by atoms with Gasteiger partial charge in [-0.1, -0.05) is 6.07 Å². The maximum Gasteiger partial charge on any atom is 0.252 e. The van der Waals surface area contributed by atoms with Crippen LogP contribution < -0.4 is 15.4 Å². The van der Waals surface area contributed by atoms with E-state index < -0.39 is 0 Å². The highest BCUT2D eigenvalue weighted by atomic mass is 32.2. The minimum absolute atomic E-state index is 0.00269. The van der Waals surface area contributed by atoms with Gasteiger partial charge in [0, 0.05) is 48.0 Å². The van der Waals surface area contributed by atoms with Crippen LogP contribution in [-0.4, -0.2) is 41.3 Å². The number of hydrogen-bond acceptors (Lipinski definition) is 6. The lowest BCUT2D eigenvalue weighted by Gasteiger charge is -2.10. The highest BCUT2D eigenvalue weighted by Crippen LogP contribution is 2.28. The van der Waals surface area contributed by atoms with Crippen LogP contribution in [0.2, 0.25) is 0 Å². The van der Waals surface area contributed by atoms with E-state index in [1.165, 1.54) is 11.1 Å². The Morgan fingerprint density at radius 3 is 2.97 bits per heavy atom. The number of fused-ring (bicyclic) bond motifs is 1. The zero-order chi connectivity index (χ0) is 22.0. The molecule has 0 fully saturated rings. The number of carbonyl (C=O) groups excluding carboxylic acids is 1. The number of ether oxygens (including phenoxy) is 1. The molecule has 32 heavy (non-hydrogen) atoms. The van der Waals surface area contributed by atoms with E-state index in [0.717, 1.165) is 60.0 Å². The topological polar surface area (TPSA) is 76.1 Å². The molecule has 1 aliphatic rings. The van der Waals surface area contributed by atoms with Crippen molar-refractivity contribution in [3.63, 3.8) is 0 Å². The molecule has 2 N–H and O–H groups in total. The Hall–Kier alpha value is -2.90. The van der Waals surface area contributed by atoms with Crippen LogP contribution in [0.15, 0.2) is 66.0 Å². The molecule has 1 aliphatic heterocycles. The Labute approximate surface area is 193 Å². The number of hydrogen-bond donors (Lipinski definition) is 2. The molecule has 0 unspecified atom stereocenters. The number of pyridine rings is 2. The molecule has 0 atom stereocenters. The summed E-state index contributed by atoms with van der Waals surface area (Å²) in [7, 11) is 0. The van der Waals surface area contributed by atoms with Crippen LogP contribution in [0.3, 0.4) is 0 Å². The van der Waals surface area contributed by atoms with Crippen LogP contribution in [0, 0.1) is 0 Å². The minimum atomic E-state index is -0.00269. The van der Waals surface area contributed by atoms with Crippen molar-refractivity contribution in [2.75, 3.05) is 25.4 Å². The number of nitrogens with zero attached hydrogens (tertiary/aromatic N) is 2. The van der Waals surface area contributed by atoms with Crippen LogP contribution in [0.4, 0.5) is 0 Å². The molecule has 3 aromatic rings. The minimum Gasteiger partial charge on any atom is -0.494 e. The highest BCUT2D eigenvalue weighted by Gasteiger charge is 2.16. The first kappa shape index (κ1) is 22.3. The molecule has 0 saturated heterocycles. The number of thioether (sulfide) groups is 1. The van der Waals surface area contributed by atoms with E-state index in [2.05, 4.69) is 38.8 Å². The Morgan fingerprint density at radius 1 is 1.09 bits per heavy atom. The molecule has 4 rings (SSSR count). The second-order valence-corrected chi connectivity index (χ2v) is 8.79. The van der Waals surface area contributed by atoms with Gasteiger partial charge in [-0.3, -0.25) is 14.8 Å². The monoisotopic (exact) mass is 448 g/mol. The summed E-state index contributed by atoms with van der Waals surface area (Å²) in [6.45, 7) is 3.02. The van der Waals surface area contributed by atoms with Gasteiger partial charge in [0.05, 0.1) is 12.2 Å². The van der Waals surface area contributed by atoms with E-state index in [4.69, 9.17) is 4.74 Å². The van der Waals surface area contributed by atoms with Crippen molar-refractivity contribution in [3.8, 4) is 5.75 Å². The van der Waals surface area contributed by atoms with Gasteiger partial charge in [0.15, 0.2) is 0 Å². The molecule has 0 saturated carbocycles. The fourth-order valence-electron chi connectivity index (χ4n) is 3.53. The van der Waals surface area contributed by atoms with Crippen molar-refractivity contribution in [2.24, 2.45) is 0 Å². The summed E-state index contributed by atoms with van der Waals surface area (Å²) in [6.07, 6.45) is 8.36. The van der Waals surface area contributed by atoms with Crippen LogP contribution in [0.1, 0.15) is 33.6 Å². The first-order chi connectivity index (χ1) is 15.8. The Morgan fingerprint density at radius 2 is 2.06 bits per heavy atom. The van der Waals surface area contributed by atoms with Crippen molar-refractivity contribution in [1.29, 1.82) is 0 Å². The van der Waals surface area contributed by atoms with Crippen LogP contribution in [-0.2, 0) is 19.4 Å². The molecule has 166 valence electrons. The summed E-state index contributed by atoms with van der Waals surface area (Å²) in [5.74, 6) is 1.70. The van der Waals surface area contributed by atoms with E-state index in [1.807, 2.05) is 36.7 Å². The predicted octanol–water partition coefficient (Wildman–Crippen LogP) is 3.66. The molecule has 7 heteroatoms. The van der Waals surface area contributed by atoms with Crippen LogP contribution in [0.5, 0.6) is 5.75 Å². The average Bonchev–Trinajstić information content (AvgIpc) is 3.02. The average molecular weight is 449 g/mol. The maximum absolute atomic E-state index is 12.0. The Kier molecular flexibility index (Phi) is 8.11. The summed E-state index contributed by atoms with van der Waals surface area (Å²) in [4.78, 5) is 21.7. The third-order valence-corrected chi connectivity index (χ3v) is 6.27. The fourth-order valence-corrected chi connectivity index (χ4v) is 4.47. The van der Waals surface area contributed by atoms with Crippen molar-refractivity contribution < 1.29 is 9.53 Å². The Balaban J connectivity index is 1.16. The summed E-state index contributed by atoms with van der Waals surface area (Å²) in [5, 5.41) is 6.38. The largest absolute Gasteiger partial charge is 0.494 e. The van der Waals surface area contributed by atoms with Gasteiger partial charge in [0.2, 0.25) is 0 Å². The van der Waals surface area contributed by atoms with Crippen molar-refractivity contribution in [3.05, 3.63) is 83.4 Å². The van der Waals surface area contributed by atoms with E-state index in [-0.39, 0.29) is 5.91 Å². The molecule has 1 amide bonds. The number of benzene rings is 1. The van der Waals surface area contributed by atoms with Crippen molar-refractivity contribution >= 4 is 17.7 Å². The molecule has 3 heterocycles. The number of amides is 1. The van der Waals surface area contributed by atoms with E-state index in [1.54, 1.807) is 18.0 Å². The second-order valence-electron chi connectivity index (χ2n) is 7.66. The molecule has 0 spiro atoms. The molecule has 0 bridgehead atoms. The van der Waals surface area contributed by atoms with Gasteiger partial charge < -0.3 is 15.4 Å². The molecule has 2 aromatic heterocycles. The number of aryl methyl sites for hydroxylation is 2. The van der Waals surface area contributed by atoms with Gasteiger partial charge in [0.1, 0.15) is 5.75 Å². The number of nitrogens with one attached hydrogen (secondary N) is 2. The second kappa shape index (κ2) is 11.6. The Bertz CT molecular complexity index is 1030. The molecular formula is C25H28N4O2S. The molecule has 1 aromatic carbocycles. The predicted molar refractivity (Wildman–Crippen MR) is 127 cm³/mol. The van der Waals surface area contributed by atoms with Gasteiger partial charge in [-0.15, -0.1) is 11.8 Å². The first-order valence-corrected chi connectivity index (χ1v) is 12.0. The first-order valence-electron chi connectivity index (χ1n) is 11.0. The lowest BCUT2D eigenvalue weighted by Crippen LogP contribution is -2.23. The van der Waals surface area contributed by atoms with Crippen molar-refractivity contribution in [1.82, 2.24) is 20.6 Å². The lowest BCUT2D eigenvalue weighted by molar-refractivity contribution is 0.0954. The van der Waals surface area contributed by atoms with Crippen molar-refractivity contribution in [2.45, 2.75) is 30.7 Å². The van der Waals surface area contributed by atoms with Gasteiger partial charge in [-0.05, 0) is 73.3 Å². The SMILES string of the molecule is O=C1NCCSc2cc(OCCCNCc3ccnc(CCc4cccnc4)c3)ccc21. The highest BCUT2D eigenvalue weighted by molar-refractivity contribution is 7.99. The van der Waals surface area contributed by atoms with E-state index in [0.29, 0.717) is 13.2 Å². The quantitative estimate of drug-likeness (QED) is 0.461. The zero-order valence-electron chi connectivity index (χ0n) is 18.0. The van der Waals surface area contributed by atoms with Crippen LogP contribution >= 0.6 is 11.8 Å². The maximum atomic E-state index is 12.0. The lowest BCUT2D eigenvalue weighted by atomic mass is 10.1. The summed E-state index contributed by atoms with van der Waals surface area (Å²) >= 11 is 1.69. The zero-order valence-corrected chi connectivity index (χ0v) is 18.9. The third-order valence-electron chi connectivity index (χ3n) is 5.21. The summed E-state index contributed by atoms with van der Waals surface area (Å²) in [5.41, 5.74) is 4.31. The van der Waals surface area contributed by atoms with Crippen LogP contribution in [0.25, 0.3) is 0 Å². The van der Waals surface area contributed by atoms with Gasteiger partial charge >= 0.3 is 0 Å². The van der Waals surface area contributed by atoms with E-state index >= 15 is 0 Å². The summed E-state index contributed by atoms with van der Waals surface area (Å²) in [6, 6.07) is 14.0. The number of carbonyl (C=O) groups is 1. The number of rotatable bonds is 10. The van der Waals surface area contributed by atoms with Gasteiger partial charge in [-0.25, -0.2) is 0 Å². The fraction of sp³-hybridized carbons (Fsp3) is 0.320. The van der Waals surface area contributed by atoms with E-state index in [9.17, 15) is 4.79 Å². The number of aromatic nitrogens is 2. The van der Waals surface area contributed by atoms with Gasteiger partial charge in [-0.2, -0.15) is 0 Å².